The molecule has 0 heterocycles. The van der Waals surface area contributed by atoms with Crippen LogP contribution in [0.3, 0.4) is 0 Å². The van der Waals surface area contributed by atoms with E-state index in [1.54, 1.807) is 0 Å². The summed E-state index contributed by atoms with van der Waals surface area (Å²) in [7, 11) is 0. The van der Waals surface area contributed by atoms with Crippen LogP contribution < -0.4 is 0 Å². The van der Waals surface area contributed by atoms with Crippen LogP contribution in [0.1, 0.15) is 59.4 Å². The fourth-order valence-corrected chi connectivity index (χ4v) is 2.85. The zero-order valence-corrected chi connectivity index (χ0v) is 14.0. The number of benzene rings is 2. The highest BCUT2D eigenvalue weighted by atomic mass is 16.5. The Balaban J connectivity index is 2.20. The summed E-state index contributed by atoms with van der Waals surface area (Å²) in [6.07, 6.45) is 0.194. The monoisotopic (exact) mass is 282 g/mol. The lowest BCUT2D eigenvalue weighted by molar-refractivity contribution is 0.00518. The molecule has 0 saturated carbocycles. The zero-order chi connectivity index (χ0) is 15.6. The third-order valence-corrected chi connectivity index (χ3v) is 4.15. The predicted octanol–water partition coefficient (Wildman–Crippen LogP) is 5.76. The van der Waals surface area contributed by atoms with Crippen molar-refractivity contribution in [3.63, 3.8) is 0 Å². The maximum Gasteiger partial charge on any atom is 0.0807 e. The molecule has 0 spiro atoms. The molecule has 0 aliphatic rings. The summed E-state index contributed by atoms with van der Waals surface area (Å²) in [5.41, 5.74) is 7.72. The molecule has 0 saturated heterocycles. The number of aryl methyl sites for hydroxylation is 4. The maximum atomic E-state index is 6.29. The summed E-state index contributed by atoms with van der Waals surface area (Å²) in [6.45, 7) is 12.8. The quantitative estimate of drug-likeness (QED) is 0.692. The van der Waals surface area contributed by atoms with Crippen molar-refractivity contribution >= 4 is 0 Å². The van der Waals surface area contributed by atoms with Gasteiger partial charge in [-0.2, -0.15) is 0 Å². The molecule has 1 heteroatoms. The van der Waals surface area contributed by atoms with E-state index in [1.807, 2.05) is 0 Å². The van der Waals surface area contributed by atoms with Crippen LogP contribution >= 0.6 is 0 Å². The van der Waals surface area contributed by atoms with E-state index in [9.17, 15) is 0 Å². The lowest BCUT2D eigenvalue weighted by Crippen LogP contribution is -2.08. The fourth-order valence-electron chi connectivity index (χ4n) is 2.85. The highest BCUT2D eigenvalue weighted by molar-refractivity contribution is 5.34. The van der Waals surface area contributed by atoms with Gasteiger partial charge in [-0.25, -0.2) is 0 Å². The van der Waals surface area contributed by atoms with Crippen LogP contribution in [0.2, 0.25) is 0 Å². The van der Waals surface area contributed by atoms with Crippen molar-refractivity contribution in [1.29, 1.82) is 0 Å². The molecule has 0 radical (unpaired) electrons. The van der Waals surface area contributed by atoms with Crippen LogP contribution in [0.25, 0.3) is 0 Å². The van der Waals surface area contributed by atoms with E-state index in [4.69, 9.17) is 4.74 Å². The third-order valence-electron chi connectivity index (χ3n) is 4.15. The summed E-state index contributed by atoms with van der Waals surface area (Å²) in [4.78, 5) is 0. The predicted molar refractivity (Wildman–Crippen MR) is 89.7 cm³/mol. The molecule has 0 amide bonds. The van der Waals surface area contributed by atoms with Crippen LogP contribution in [0.4, 0.5) is 0 Å². The van der Waals surface area contributed by atoms with Crippen molar-refractivity contribution in [1.82, 2.24) is 0 Å². The average molecular weight is 282 g/mol. The minimum absolute atomic E-state index is 0.0970. The molecule has 112 valence electrons. The Morgan fingerprint density at radius 1 is 0.667 bits per heavy atom. The second-order valence-electron chi connectivity index (χ2n) is 6.14. The smallest absolute Gasteiger partial charge is 0.0807 e. The molecule has 0 aromatic heterocycles. The first-order valence-corrected chi connectivity index (χ1v) is 7.68. The minimum atomic E-state index is 0.0970. The SMILES string of the molecule is Cc1ccc(C)c(C(C)OC(C)c2cc(C)ccc2C)c1. The van der Waals surface area contributed by atoms with E-state index in [-0.39, 0.29) is 12.2 Å². The Morgan fingerprint density at radius 3 is 1.43 bits per heavy atom. The second-order valence-corrected chi connectivity index (χ2v) is 6.14. The van der Waals surface area contributed by atoms with Crippen molar-refractivity contribution in [3.05, 3.63) is 69.8 Å². The van der Waals surface area contributed by atoms with E-state index in [0.29, 0.717) is 0 Å². The lowest BCUT2D eigenvalue weighted by Gasteiger charge is -2.23. The number of hydrogen-bond acceptors (Lipinski definition) is 1. The van der Waals surface area contributed by atoms with Crippen LogP contribution in [0.15, 0.2) is 36.4 Å². The molecule has 0 fully saturated rings. The number of hydrogen-bond donors (Lipinski definition) is 0. The molecule has 0 aliphatic carbocycles. The van der Waals surface area contributed by atoms with E-state index >= 15 is 0 Å². The standard InChI is InChI=1S/C20H26O/c1-13-7-9-15(3)19(11-13)17(5)21-18(6)20-12-14(2)8-10-16(20)4/h7-12,17-18H,1-6H3. The van der Waals surface area contributed by atoms with Crippen LogP contribution in [0, 0.1) is 27.7 Å². The zero-order valence-electron chi connectivity index (χ0n) is 14.0. The summed E-state index contributed by atoms with van der Waals surface area (Å²) in [6, 6.07) is 13.1. The Morgan fingerprint density at radius 2 is 1.05 bits per heavy atom. The first-order valence-electron chi connectivity index (χ1n) is 7.68. The highest BCUT2D eigenvalue weighted by Crippen LogP contribution is 2.30. The van der Waals surface area contributed by atoms with E-state index in [1.165, 1.54) is 33.4 Å². The second kappa shape index (κ2) is 6.44. The largest absolute Gasteiger partial charge is 0.366 e. The van der Waals surface area contributed by atoms with Crippen LogP contribution in [0.5, 0.6) is 0 Å². The molecule has 2 unspecified atom stereocenters. The maximum absolute atomic E-state index is 6.29. The number of rotatable bonds is 4. The Kier molecular flexibility index (Phi) is 4.84. The van der Waals surface area contributed by atoms with Gasteiger partial charge in [0.1, 0.15) is 0 Å². The van der Waals surface area contributed by atoms with Crippen molar-refractivity contribution in [3.8, 4) is 0 Å². The summed E-state index contributed by atoms with van der Waals surface area (Å²) >= 11 is 0. The van der Waals surface area contributed by atoms with Crippen LogP contribution in [-0.4, -0.2) is 0 Å². The van der Waals surface area contributed by atoms with E-state index in [2.05, 4.69) is 77.9 Å². The van der Waals surface area contributed by atoms with Gasteiger partial charge in [0.2, 0.25) is 0 Å². The summed E-state index contributed by atoms with van der Waals surface area (Å²) in [5.74, 6) is 0. The highest BCUT2D eigenvalue weighted by Gasteiger charge is 2.16. The summed E-state index contributed by atoms with van der Waals surface area (Å²) in [5, 5.41) is 0. The molecule has 0 N–H and O–H groups in total. The molecule has 2 aromatic rings. The van der Waals surface area contributed by atoms with Gasteiger partial charge in [-0.05, 0) is 63.8 Å². The fraction of sp³-hybridized carbons (Fsp3) is 0.400. The van der Waals surface area contributed by atoms with Gasteiger partial charge in [0, 0.05) is 0 Å². The molecule has 2 atom stereocenters. The van der Waals surface area contributed by atoms with Crippen molar-refractivity contribution in [2.45, 2.75) is 53.8 Å². The van der Waals surface area contributed by atoms with Crippen molar-refractivity contribution in [2.75, 3.05) is 0 Å². The molecule has 21 heavy (non-hydrogen) atoms. The van der Waals surface area contributed by atoms with Crippen molar-refractivity contribution in [2.24, 2.45) is 0 Å². The first-order chi connectivity index (χ1) is 9.88. The topological polar surface area (TPSA) is 9.23 Å². The van der Waals surface area contributed by atoms with Crippen LogP contribution in [-0.2, 0) is 4.74 Å². The van der Waals surface area contributed by atoms with Gasteiger partial charge in [0.25, 0.3) is 0 Å². The van der Waals surface area contributed by atoms with Gasteiger partial charge in [0.05, 0.1) is 12.2 Å². The molecule has 1 nitrogen and oxygen atoms in total. The molecular formula is C20H26O. The number of ether oxygens (including phenoxy) is 1. The van der Waals surface area contributed by atoms with Gasteiger partial charge in [-0.1, -0.05) is 47.5 Å². The van der Waals surface area contributed by atoms with Gasteiger partial charge in [-0.3, -0.25) is 0 Å². The Labute approximate surface area is 129 Å². The van der Waals surface area contributed by atoms with E-state index < -0.39 is 0 Å². The van der Waals surface area contributed by atoms with Gasteiger partial charge in [0.15, 0.2) is 0 Å². The van der Waals surface area contributed by atoms with Crippen molar-refractivity contribution < 1.29 is 4.74 Å². The van der Waals surface area contributed by atoms with Gasteiger partial charge >= 0.3 is 0 Å². The molecule has 2 aromatic carbocycles. The van der Waals surface area contributed by atoms with E-state index in [0.717, 1.165) is 0 Å². The molecule has 2 rings (SSSR count). The van der Waals surface area contributed by atoms with Gasteiger partial charge < -0.3 is 4.74 Å². The third kappa shape index (κ3) is 3.74. The van der Waals surface area contributed by atoms with Gasteiger partial charge in [-0.15, -0.1) is 0 Å². The molecular weight excluding hydrogens is 256 g/mol. The normalized spacial score (nSPS) is 14.0. The molecule has 0 bridgehead atoms. The average Bonchev–Trinajstić information content (AvgIpc) is 2.43. The Bertz CT molecular complexity index is 572. The summed E-state index contributed by atoms with van der Waals surface area (Å²) < 4.78 is 6.29. The first kappa shape index (κ1) is 15.8. The molecule has 0 aliphatic heterocycles. The minimum Gasteiger partial charge on any atom is -0.366 e. The Hall–Kier alpha value is -1.60. The lowest BCUT2D eigenvalue weighted by atomic mass is 9.99.